The van der Waals surface area contributed by atoms with Crippen LogP contribution < -0.4 is 0 Å². The summed E-state index contributed by atoms with van der Waals surface area (Å²) in [7, 11) is 0. The summed E-state index contributed by atoms with van der Waals surface area (Å²) in [6, 6.07) is 0. The number of hydrogen-bond donors (Lipinski definition) is 1. The van der Waals surface area contributed by atoms with E-state index in [1.807, 2.05) is 13.8 Å². The van der Waals surface area contributed by atoms with Gasteiger partial charge in [-0.05, 0) is 12.3 Å². The Morgan fingerprint density at radius 1 is 1.47 bits per heavy atom. The topological polar surface area (TPSA) is 106 Å². The van der Waals surface area contributed by atoms with E-state index in [1.165, 1.54) is 0 Å². The maximum atomic E-state index is 11.0. The lowest BCUT2D eigenvalue weighted by atomic mass is 9.96. The lowest BCUT2D eigenvalue weighted by Crippen LogP contribution is -2.17. The number of carboxylic acid groups (broad SMARTS) is 1. The Bertz CT molecular complexity index is 416. The van der Waals surface area contributed by atoms with Crippen LogP contribution in [-0.4, -0.2) is 26.0 Å². The first-order valence-electron chi connectivity index (χ1n) is 5.11. The normalized spacial score (nSPS) is 12.4. The van der Waals surface area contributed by atoms with Crippen molar-refractivity contribution >= 4 is 11.7 Å². The minimum atomic E-state index is -1.02. The molecule has 0 saturated heterocycles. The molecule has 1 heterocycles. The molecule has 7 heteroatoms. The van der Waals surface area contributed by atoms with E-state index in [4.69, 9.17) is 5.11 Å². The lowest BCUT2D eigenvalue weighted by Gasteiger charge is -2.12. The van der Waals surface area contributed by atoms with Gasteiger partial charge in [0.05, 0.1) is 4.92 Å². The maximum Gasteiger partial charge on any atom is 0.314 e. The Morgan fingerprint density at radius 3 is 2.35 bits per heavy atom. The zero-order valence-electron chi connectivity index (χ0n) is 9.53. The fourth-order valence-corrected chi connectivity index (χ4v) is 1.39. The predicted molar refractivity (Wildman–Crippen MR) is 58.5 cm³/mol. The molecule has 0 bridgehead atoms. The van der Waals surface area contributed by atoms with Crippen LogP contribution in [0, 0.1) is 16.0 Å². The van der Waals surface area contributed by atoms with Crippen molar-refractivity contribution in [2.45, 2.75) is 26.2 Å². The molecule has 92 valence electrons. The van der Waals surface area contributed by atoms with Gasteiger partial charge in [-0.1, -0.05) is 13.8 Å². The van der Waals surface area contributed by atoms with E-state index in [0.29, 0.717) is 6.42 Å². The first-order valence-corrected chi connectivity index (χ1v) is 5.11. The van der Waals surface area contributed by atoms with E-state index < -0.39 is 16.8 Å². The average molecular weight is 239 g/mol. The third kappa shape index (κ3) is 3.47. The van der Waals surface area contributed by atoms with Gasteiger partial charge in [0, 0.05) is 0 Å². The highest BCUT2D eigenvalue weighted by atomic mass is 16.6. The minimum absolute atomic E-state index is 0.108. The summed E-state index contributed by atoms with van der Waals surface area (Å²) in [6.45, 7) is 3.78. The Labute approximate surface area is 97.7 Å². The highest BCUT2D eigenvalue weighted by Gasteiger charge is 2.24. The summed E-state index contributed by atoms with van der Waals surface area (Å²) >= 11 is 0. The van der Waals surface area contributed by atoms with Gasteiger partial charge in [-0.3, -0.25) is 14.9 Å². The highest BCUT2D eigenvalue weighted by molar-refractivity contribution is 5.74. The van der Waals surface area contributed by atoms with E-state index in [-0.39, 0.29) is 17.4 Å². The molecule has 17 heavy (non-hydrogen) atoms. The second kappa shape index (κ2) is 5.33. The molecule has 0 aromatic carbocycles. The van der Waals surface area contributed by atoms with Gasteiger partial charge in [-0.2, -0.15) is 0 Å². The molecular formula is C10H13N3O4. The van der Waals surface area contributed by atoms with Gasteiger partial charge in [-0.15, -0.1) is 0 Å². The second-order valence-electron chi connectivity index (χ2n) is 4.08. The molecule has 1 atom stereocenters. The van der Waals surface area contributed by atoms with Crippen molar-refractivity contribution in [3.8, 4) is 0 Å². The van der Waals surface area contributed by atoms with Crippen molar-refractivity contribution in [3.05, 3.63) is 28.3 Å². The molecule has 1 rings (SSSR count). The Morgan fingerprint density at radius 2 is 2.00 bits per heavy atom. The maximum absolute atomic E-state index is 11.0. The number of aliphatic carboxylic acids is 1. The molecule has 7 nitrogen and oxygen atoms in total. The van der Waals surface area contributed by atoms with Crippen LogP contribution in [0.2, 0.25) is 0 Å². The Hall–Kier alpha value is -2.05. The third-order valence-electron chi connectivity index (χ3n) is 2.19. The van der Waals surface area contributed by atoms with E-state index in [1.54, 1.807) is 0 Å². The van der Waals surface area contributed by atoms with Gasteiger partial charge in [0.1, 0.15) is 24.1 Å². The molecule has 0 fully saturated rings. The lowest BCUT2D eigenvalue weighted by molar-refractivity contribution is -0.385. The summed E-state index contributed by atoms with van der Waals surface area (Å²) < 4.78 is 0. The molecule has 0 amide bonds. The first kappa shape index (κ1) is 13.0. The van der Waals surface area contributed by atoms with Crippen LogP contribution in [0.25, 0.3) is 0 Å². The van der Waals surface area contributed by atoms with Gasteiger partial charge in [0.15, 0.2) is 0 Å². The van der Waals surface area contributed by atoms with Gasteiger partial charge in [0.25, 0.3) is 0 Å². The second-order valence-corrected chi connectivity index (χ2v) is 4.08. The van der Waals surface area contributed by atoms with Gasteiger partial charge < -0.3 is 5.11 Å². The quantitative estimate of drug-likeness (QED) is 0.617. The fraction of sp³-hybridized carbons (Fsp3) is 0.500. The average Bonchev–Trinajstić information content (AvgIpc) is 2.25. The number of nitro groups is 1. The number of aromatic nitrogens is 2. The molecule has 0 saturated carbocycles. The largest absolute Gasteiger partial charge is 0.481 e. The molecule has 1 aromatic rings. The van der Waals surface area contributed by atoms with Crippen molar-refractivity contribution in [3.63, 3.8) is 0 Å². The molecule has 0 aliphatic heterocycles. The van der Waals surface area contributed by atoms with Gasteiger partial charge in [-0.25, -0.2) is 9.97 Å². The minimum Gasteiger partial charge on any atom is -0.481 e. The van der Waals surface area contributed by atoms with Crippen LogP contribution in [0.3, 0.4) is 0 Å². The molecule has 0 spiro atoms. The van der Waals surface area contributed by atoms with Gasteiger partial charge in [0.2, 0.25) is 0 Å². The van der Waals surface area contributed by atoms with E-state index in [2.05, 4.69) is 9.97 Å². The molecule has 0 aliphatic carbocycles. The summed E-state index contributed by atoms with van der Waals surface area (Å²) in [5.41, 5.74) is -0.248. The molecule has 0 radical (unpaired) electrons. The summed E-state index contributed by atoms with van der Waals surface area (Å²) in [4.78, 5) is 28.3. The highest BCUT2D eigenvalue weighted by Crippen LogP contribution is 2.21. The molecule has 1 unspecified atom stereocenters. The molecule has 1 N–H and O–H groups in total. The number of nitrogens with zero attached hydrogens (tertiary/aromatic N) is 3. The monoisotopic (exact) mass is 239 g/mol. The van der Waals surface area contributed by atoms with Crippen LogP contribution in [-0.2, 0) is 4.79 Å². The fourth-order valence-electron chi connectivity index (χ4n) is 1.39. The van der Waals surface area contributed by atoms with Crippen LogP contribution in [0.15, 0.2) is 12.4 Å². The third-order valence-corrected chi connectivity index (χ3v) is 2.19. The predicted octanol–water partition coefficient (Wildman–Crippen LogP) is 1.60. The van der Waals surface area contributed by atoms with Crippen LogP contribution in [0.1, 0.15) is 32.0 Å². The summed E-state index contributed by atoms with van der Waals surface area (Å²) in [5, 5.41) is 19.4. The van der Waals surface area contributed by atoms with E-state index in [9.17, 15) is 14.9 Å². The van der Waals surface area contributed by atoms with Crippen LogP contribution in [0.4, 0.5) is 5.69 Å². The van der Waals surface area contributed by atoms with Crippen molar-refractivity contribution in [2.24, 2.45) is 5.92 Å². The summed E-state index contributed by atoms with van der Waals surface area (Å²) in [6.07, 6.45) is 2.45. The number of carbonyl (C=O) groups is 1. The first-order chi connectivity index (χ1) is 7.91. The van der Waals surface area contributed by atoms with E-state index in [0.717, 1.165) is 12.4 Å². The molecular weight excluding hydrogens is 226 g/mol. The van der Waals surface area contributed by atoms with Crippen molar-refractivity contribution in [2.75, 3.05) is 0 Å². The standard InChI is InChI=1S/C10H13N3O4/c1-6(2)3-8(10(14)15)9-11-4-7(5-12-9)13(16)17/h4-6,8H,3H2,1-2H3,(H,14,15). The Kier molecular flexibility index (Phi) is 4.08. The van der Waals surface area contributed by atoms with Crippen LogP contribution >= 0.6 is 0 Å². The van der Waals surface area contributed by atoms with Crippen molar-refractivity contribution < 1.29 is 14.8 Å². The van der Waals surface area contributed by atoms with Crippen LogP contribution in [0.5, 0.6) is 0 Å². The molecule has 1 aromatic heterocycles. The Balaban J connectivity index is 2.95. The van der Waals surface area contributed by atoms with Crippen molar-refractivity contribution in [1.82, 2.24) is 9.97 Å². The zero-order chi connectivity index (χ0) is 13.0. The van der Waals surface area contributed by atoms with Gasteiger partial charge >= 0.3 is 11.7 Å². The SMILES string of the molecule is CC(C)CC(C(=O)O)c1ncc([N+](=O)[O-])cn1. The summed E-state index contributed by atoms with van der Waals surface area (Å²) in [5.74, 6) is -1.56. The smallest absolute Gasteiger partial charge is 0.314 e. The van der Waals surface area contributed by atoms with Crippen molar-refractivity contribution in [1.29, 1.82) is 0 Å². The number of rotatable bonds is 5. The van der Waals surface area contributed by atoms with E-state index >= 15 is 0 Å². The number of carboxylic acids is 1. The zero-order valence-corrected chi connectivity index (χ0v) is 9.53. The number of hydrogen-bond acceptors (Lipinski definition) is 5. The molecule has 0 aliphatic rings.